The Labute approximate surface area is 112 Å². The molecule has 0 bridgehead atoms. The van der Waals surface area contributed by atoms with E-state index in [2.05, 4.69) is 33.0 Å². The number of hydrogen-bond donors (Lipinski definition) is 1. The molecule has 3 rings (SSSR count). The molecule has 1 aliphatic rings. The van der Waals surface area contributed by atoms with Crippen molar-refractivity contribution in [2.24, 2.45) is 0 Å². The van der Waals surface area contributed by atoms with E-state index < -0.39 is 0 Å². The molecule has 2 nitrogen and oxygen atoms in total. The Hall–Kier alpha value is -1.44. The molecule has 1 heterocycles. The van der Waals surface area contributed by atoms with E-state index >= 15 is 0 Å². The van der Waals surface area contributed by atoms with Crippen LogP contribution in [0.3, 0.4) is 0 Å². The fourth-order valence-electron chi connectivity index (χ4n) is 2.20. The smallest absolute Gasteiger partial charge is 0.121 e. The molecule has 17 heavy (non-hydrogen) atoms. The number of benzene rings is 1. The van der Waals surface area contributed by atoms with Gasteiger partial charge in [-0.15, -0.1) is 0 Å². The van der Waals surface area contributed by atoms with Crippen LogP contribution in [0.5, 0.6) is 0 Å². The topological polar surface area (TPSA) is 39.6 Å². The van der Waals surface area contributed by atoms with Crippen LogP contribution in [0, 0.1) is 16.0 Å². The lowest BCUT2D eigenvalue weighted by Gasteiger charge is -2.02. The molecule has 1 aromatic heterocycles. The van der Waals surface area contributed by atoms with Crippen molar-refractivity contribution < 1.29 is 0 Å². The van der Waals surface area contributed by atoms with Gasteiger partial charge in [-0.25, -0.2) is 0 Å². The summed E-state index contributed by atoms with van der Waals surface area (Å²) in [5, 5.41) is 8.98. The van der Waals surface area contributed by atoms with Crippen molar-refractivity contribution in [1.82, 2.24) is 4.98 Å². The van der Waals surface area contributed by atoms with Crippen molar-refractivity contribution in [2.75, 3.05) is 0 Å². The summed E-state index contributed by atoms with van der Waals surface area (Å²) in [5.74, 6) is 0. The minimum Gasteiger partial charge on any atom is -0.345 e. The summed E-state index contributed by atoms with van der Waals surface area (Å²) in [6, 6.07) is 10.1. The molecule has 0 aliphatic heterocycles. The van der Waals surface area contributed by atoms with Crippen LogP contribution in [0.25, 0.3) is 11.3 Å². The molecule has 0 amide bonds. The number of hydrogen-bond acceptors (Lipinski definition) is 2. The lowest BCUT2D eigenvalue weighted by molar-refractivity contribution is 1.20. The van der Waals surface area contributed by atoms with Gasteiger partial charge in [0.2, 0.25) is 0 Å². The van der Waals surface area contributed by atoms with Gasteiger partial charge in [0.1, 0.15) is 10.7 Å². The average molecular weight is 303 g/mol. The zero-order chi connectivity index (χ0) is 12.0. The summed E-state index contributed by atoms with van der Waals surface area (Å²) in [6.45, 7) is 0. The Morgan fingerprint density at radius 1 is 1.41 bits per heavy atom. The van der Waals surface area contributed by atoms with E-state index in [9.17, 15) is 0 Å². The van der Waals surface area contributed by atoms with E-state index in [0.29, 0.717) is 10.2 Å². The Morgan fingerprint density at radius 2 is 2.24 bits per heavy atom. The third kappa shape index (κ3) is 1.54. The lowest BCUT2D eigenvalue weighted by Crippen LogP contribution is -1.89. The van der Waals surface area contributed by atoms with Crippen LogP contribution in [0.15, 0.2) is 28.7 Å². The summed E-state index contributed by atoms with van der Waals surface area (Å²) < 4.78 is 1.61. The first-order valence-corrected chi connectivity index (χ1v) is 6.35. The highest BCUT2D eigenvalue weighted by molar-refractivity contribution is 9.10. The molecule has 1 aliphatic carbocycles. The first-order valence-electron chi connectivity index (χ1n) is 5.15. The summed E-state index contributed by atoms with van der Waals surface area (Å²) >= 11 is 8.72. The van der Waals surface area contributed by atoms with Gasteiger partial charge < -0.3 is 4.98 Å². The fourth-order valence-corrected chi connectivity index (χ4v) is 2.91. The molecule has 0 saturated heterocycles. The Morgan fingerprint density at radius 3 is 3.00 bits per heavy atom. The number of fused-ring (bicyclic) bond motifs is 3. The van der Waals surface area contributed by atoms with E-state index in [1.165, 1.54) is 11.1 Å². The molecule has 4 heteroatoms. The maximum Gasteiger partial charge on any atom is 0.121 e. The molecule has 0 unspecified atom stereocenters. The van der Waals surface area contributed by atoms with Crippen molar-refractivity contribution in [3.63, 3.8) is 0 Å². The number of rotatable bonds is 0. The number of pyridine rings is 1. The maximum atomic E-state index is 8.98. The minimum atomic E-state index is 0.513. The lowest BCUT2D eigenvalue weighted by atomic mass is 10.1. The summed E-state index contributed by atoms with van der Waals surface area (Å²) in [6.07, 6.45) is 0.840. The first kappa shape index (κ1) is 10.7. The molecular weight excluding hydrogens is 296 g/mol. The minimum absolute atomic E-state index is 0.513. The van der Waals surface area contributed by atoms with Crippen molar-refractivity contribution in [2.45, 2.75) is 6.42 Å². The normalized spacial score (nSPS) is 11.8. The van der Waals surface area contributed by atoms with E-state index in [4.69, 9.17) is 17.5 Å². The van der Waals surface area contributed by atoms with E-state index in [0.717, 1.165) is 22.2 Å². The van der Waals surface area contributed by atoms with Gasteiger partial charge in [-0.05, 0) is 23.3 Å². The number of aromatic amines is 1. The quantitative estimate of drug-likeness (QED) is 0.639. The molecule has 1 aromatic carbocycles. The molecule has 82 valence electrons. The predicted octanol–water partition coefficient (Wildman–Crippen LogP) is 3.95. The fraction of sp³-hybridized carbons (Fsp3) is 0.0769. The van der Waals surface area contributed by atoms with Gasteiger partial charge in [0.05, 0.1) is 11.3 Å². The van der Waals surface area contributed by atoms with Crippen LogP contribution in [0.2, 0.25) is 0 Å². The predicted molar refractivity (Wildman–Crippen MR) is 72.3 cm³/mol. The monoisotopic (exact) mass is 302 g/mol. The second-order valence-electron chi connectivity index (χ2n) is 3.97. The van der Waals surface area contributed by atoms with Gasteiger partial charge in [-0.3, -0.25) is 0 Å². The van der Waals surface area contributed by atoms with E-state index in [-0.39, 0.29) is 0 Å². The van der Waals surface area contributed by atoms with Gasteiger partial charge in [-0.2, -0.15) is 5.26 Å². The number of nitriles is 1. The van der Waals surface area contributed by atoms with Gasteiger partial charge in [0, 0.05) is 16.5 Å². The van der Waals surface area contributed by atoms with Crippen molar-refractivity contribution >= 4 is 28.1 Å². The van der Waals surface area contributed by atoms with E-state index in [1.54, 1.807) is 0 Å². The number of nitrogens with zero attached hydrogens (tertiary/aromatic N) is 1. The molecule has 0 fully saturated rings. The second kappa shape index (κ2) is 3.80. The van der Waals surface area contributed by atoms with Crippen molar-refractivity contribution in [3.05, 3.63) is 50.1 Å². The Balaban J connectivity index is 2.32. The Bertz CT molecular complexity index is 725. The molecule has 2 aromatic rings. The average Bonchev–Trinajstić information content (AvgIpc) is 2.68. The summed E-state index contributed by atoms with van der Waals surface area (Å²) in [4.78, 5) is 3.16. The highest BCUT2D eigenvalue weighted by Gasteiger charge is 2.21. The molecular formula is C13H7BrN2S. The molecule has 1 N–H and O–H groups in total. The van der Waals surface area contributed by atoms with Crippen LogP contribution in [0.4, 0.5) is 0 Å². The standard InChI is InChI=1S/C13H7BrN2S/c14-11-3-1-2-9-10(11)5-7-4-8(6-15)13(17)16-12(7)9/h1-4H,5H2,(H,16,17). The van der Waals surface area contributed by atoms with Gasteiger partial charge in [0.25, 0.3) is 0 Å². The largest absolute Gasteiger partial charge is 0.345 e. The zero-order valence-corrected chi connectivity index (χ0v) is 11.2. The number of nitrogens with one attached hydrogen (secondary N) is 1. The van der Waals surface area contributed by atoms with Crippen LogP contribution < -0.4 is 0 Å². The van der Waals surface area contributed by atoms with Gasteiger partial charge in [-0.1, -0.05) is 40.3 Å². The number of H-pyrrole nitrogens is 1. The number of halogens is 1. The zero-order valence-electron chi connectivity index (χ0n) is 8.75. The molecule has 0 saturated carbocycles. The highest BCUT2D eigenvalue weighted by Crippen LogP contribution is 2.39. The Kier molecular flexibility index (Phi) is 2.39. The third-order valence-corrected chi connectivity index (χ3v) is 4.06. The second-order valence-corrected chi connectivity index (χ2v) is 5.23. The van der Waals surface area contributed by atoms with Crippen LogP contribution >= 0.6 is 28.1 Å². The molecule has 0 spiro atoms. The van der Waals surface area contributed by atoms with Crippen molar-refractivity contribution in [1.29, 1.82) is 5.26 Å². The summed E-state index contributed by atoms with van der Waals surface area (Å²) in [7, 11) is 0. The van der Waals surface area contributed by atoms with Gasteiger partial charge >= 0.3 is 0 Å². The SMILES string of the molecule is N#Cc1cc2c([nH]c1=S)-c1cccc(Br)c1C2. The first-order chi connectivity index (χ1) is 8.20. The van der Waals surface area contributed by atoms with Gasteiger partial charge in [0.15, 0.2) is 0 Å². The molecule has 0 radical (unpaired) electrons. The van der Waals surface area contributed by atoms with E-state index in [1.807, 2.05) is 18.2 Å². The van der Waals surface area contributed by atoms with Crippen molar-refractivity contribution in [3.8, 4) is 17.3 Å². The summed E-state index contributed by atoms with van der Waals surface area (Å²) in [5.41, 5.74) is 5.15. The highest BCUT2D eigenvalue weighted by atomic mass is 79.9. The third-order valence-electron chi connectivity index (χ3n) is 3.00. The van der Waals surface area contributed by atoms with Crippen LogP contribution in [0.1, 0.15) is 16.7 Å². The van der Waals surface area contributed by atoms with Crippen LogP contribution in [-0.4, -0.2) is 4.98 Å². The maximum absolute atomic E-state index is 8.98. The molecule has 0 atom stereocenters. The number of aromatic nitrogens is 1. The van der Waals surface area contributed by atoms with Crippen LogP contribution in [-0.2, 0) is 6.42 Å².